The average molecular weight is 155 g/mol. The van der Waals surface area contributed by atoms with E-state index in [4.69, 9.17) is 0 Å². The van der Waals surface area contributed by atoms with Crippen LogP contribution in [0.3, 0.4) is 0 Å². The Balaban J connectivity index is 2.16. The van der Waals surface area contributed by atoms with Crippen molar-refractivity contribution in [2.45, 2.75) is 33.1 Å². The standard InChI is InChI=1S/C9H17NO/c1-3-6-10-9(11)7(2)8-4-5-8/h7-8H,3-6H2,1-2H3,(H,10,11). The van der Waals surface area contributed by atoms with Gasteiger partial charge in [-0.25, -0.2) is 0 Å². The highest BCUT2D eigenvalue weighted by Gasteiger charge is 2.32. The Bertz CT molecular complexity index is 140. The van der Waals surface area contributed by atoms with E-state index in [2.05, 4.69) is 12.2 Å². The summed E-state index contributed by atoms with van der Waals surface area (Å²) in [6, 6.07) is 0. The van der Waals surface area contributed by atoms with Crippen LogP contribution in [0.5, 0.6) is 0 Å². The van der Waals surface area contributed by atoms with Crippen LogP contribution in [0.4, 0.5) is 0 Å². The highest BCUT2D eigenvalue weighted by molar-refractivity contribution is 5.78. The Morgan fingerprint density at radius 3 is 2.73 bits per heavy atom. The summed E-state index contributed by atoms with van der Waals surface area (Å²) >= 11 is 0. The summed E-state index contributed by atoms with van der Waals surface area (Å²) in [6.45, 7) is 4.93. The van der Waals surface area contributed by atoms with Crippen LogP contribution in [0.1, 0.15) is 33.1 Å². The molecule has 0 aliphatic heterocycles. The van der Waals surface area contributed by atoms with E-state index in [1.165, 1.54) is 12.8 Å². The quantitative estimate of drug-likeness (QED) is 0.656. The molecule has 0 heterocycles. The Morgan fingerprint density at radius 2 is 2.27 bits per heavy atom. The second kappa shape index (κ2) is 3.74. The summed E-state index contributed by atoms with van der Waals surface area (Å²) in [5.74, 6) is 1.18. The molecule has 1 amide bonds. The van der Waals surface area contributed by atoms with E-state index >= 15 is 0 Å². The van der Waals surface area contributed by atoms with E-state index < -0.39 is 0 Å². The predicted octanol–water partition coefficient (Wildman–Crippen LogP) is 1.56. The summed E-state index contributed by atoms with van der Waals surface area (Å²) in [4.78, 5) is 11.3. The maximum Gasteiger partial charge on any atom is 0.223 e. The van der Waals surface area contributed by atoms with Gasteiger partial charge < -0.3 is 5.32 Å². The van der Waals surface area contributed by atoms with Gasteiger partial charge in [-0.3, -0.25) is 4.79 Å². The molecule has 1 unspecified atom stereocenters. The molecule has 0 aromatic carbocycles. The average Bonchev–Trinajstić information content (AvgIpc) is 2.81. The molecular formula is C9H17NO. The summed E-state index contributed by atoms with van der Waals surface area (Å²) in [7, 11) is 0. The van der Waals surface area contributed by atoms with E-state index in [9.17, 15) is 4.79 Å². The van der Waals surface area contributed by atoms with Gasteiger partial charge in [-0.2, -0.15) is 0 Å². The lowest BCUT2D eigenvalue weighted by molar-refractivity contribution is -0.125. The van der Waals surface area contributed by atoms with Gasteiger partial charge in [0.25, 0.3) is 0 Å². The topological polar surface area (TPSA) is 29.1 Å². The molecule has 1 aliphatic rings. The highest BCUT2D eigenvalue weighted by Crippen LogP contribution is 2.36. The summed E-state index contributed by atoms with van der Waals surface area (Å²) in [6.07, 6.45) is 3.53. The minimum atomic E-state index is 0.245. The van der Waals surface area contributed by atoms with Crippen LogP contribution >= 0.6 is 0 Å². The fraction of sp³-hybridized carbons (Fsp3) is 0.889. The third-order valence-corrected chi connectivity index (χ3v) is 2.29. The molecule has 0 spiro atoms. The van der Waals surface area contributed by atoms with Gasteiger partial charge in [-0.1, -0.05) is 13.8 Å². The molecule has 0 saturated heterocycles. The molecule has 64 valence electrons. The van der Waals surface area contributed by atoms with Crippen LogP contribution in [0.15, 0.2) is 0 Å². The first-order chi connectivity index (χ1) is 5.25. The monoisotopic (exact) mass is 155 g/mol. The first-order valence-corrected chi connectivity index (χ1v) is 4.53. The van der Waals surface area contributed by atoms with Gasteiger partial charge in [0.05, 0.1) is 0 Å². The van der Waals surface area contributed by atoms with E-state index in [1.807, 2.05) is 6.92 Å². The lowest BCUT2D eigenvalue weighted by Gasteiger charge is -2.09. The van der Waals surface area contributed by atoms with E-state index in [0.717, 1.165) is 13.0 Å². The van der Waals surface area contributed by atoms with Crippen molar-refractivity contribution in [1.29, 1.82) is 0 Å². The highest BCUT2D eigenvalue weighted by atomic mass is 16.1. The maximum atomic E-state index is 11.3. The number of rotatable bonds is 4. The van der Waals surface area contributed by atoms with Crippen LogP contribution < -0.4 is 5.32 Å². The van der Waals surface area contributed by atoms with Gasteiger partial charge in [0.1, 0.15) is 0 Å². The number of carbonyl (C=O) groups excluding carboxylic acids is 1. The van der Waals surface area contributed by atoms with Crippen molar-refractivity contribution < 1.29 is 4.79 Å². The zero-order valence-corrected chi connectivity index (χ0v) is 7.39. The largest absolute Gasteiger partial charge is 0.356 e. The molecule has 1 N–H and O–H groups in total. The first kappa shape index (κ1) is 8.57. The van der Waals surface area contributed by atoms with Crippen LogP contribution in [0.2, 0.25) is 0 Å². The third kappa shape index (κ3) is 2.52. The lowest BCUT2D eigenvalue weighted by atomic mass is 10.1. The van der Waals surface area contributed by atoms with Gasteiger partial charge in [0, 0.05) is 12.5 Å². The van der Waals surface area contributed by atoms with Crippen molar-refractivity contribution in [2.75, 3.05) is 6.54 Å². The normalized spacial score (nSPS) is 19.5. The van der Waals surface area contributed by atoms with Crippen molar-refractivity contribution in [1.82, 2.24) is 5.32 Å². The second-order valence-electron chi connectivity index (χ2n) is 3.42. The molecular weight excluding hydrogens is 138 g/mol. The molecule has 0 aromatic rings. The Kier molecular flexibility index (Phi) is 2.92. The van der Waals surface area contributed by atoms with Crippen LogP contribution in [-0.2, 0) is 4.79 Å². The number of nitrogens with one attached hydrogen (secondary N) is 1. The number of hydrogen-bond acceptors (Lipinski definition) is 1. The summed E-state index contributed by atoms with van der Waals surface area (Å²) in [5.41, 5.74) is 0. The molecule has 1 rings (SSSR count). The van der Waals surface area contributed by atoms with Crippen LogP contribution in [-0.4, -0.2) is 12.5 Å². The molecule has 2 heteroatoms. The van der Waals surface area contributed by atoms with Crippen molar-refractivity contribution in [2.24, 2.45) is 11.8 Å². The van der Waals surface area contributed by atoms with Gasteiger partial charge in [0.15, 0.2) is 0 Å². The van der Waals surface area contributed by atoms with Crippen LogP contribution in [0.25, 0.3) is 0 Å². The first-order valence-electron chi connectivity index (χ1n) is 4.53. The van der Waals surface area contributed by atoms with Gasteiger partial charge >= 0.3 is 0 Å². The Morgan fingerprint density at radius 1 is 1.64 bits per heavy atom. The van der Waals surface area contributed by atoms with Gasteiger partial charge in [-0.05, 0) is 25.2 Å². The molecule has 1 atom stereocenters. The number of carbonyl (C=O) groups is 1. The fourth-order valence-corrected chi connectivity index (χ4v) is 1.22. The molecule has 2 nitrogen and oxygen atoms in total. The Hall–Kier alpha value is -0.530. The second-order valence-corrected chi connectivity index (χ2v) is 3.42. The Labute approximate surface area is 68.4 Å². The van der Waals surface area contributed by atoms with Crippen LogP contribution in [0, 0.1) is 11.8 Å². The molecule has 0 aromatic heterocycles. The molecule has 1 saturated carbocycles. The van der Waals surface area contributed by atoms with Crippen molar-refractivity contribution in [3.05, 3.63) is 0 Å². The van der Waals surface area contributed by atoms with E-state index in [0.29, 0.717) is 5.92 Å². The fourth-order valence-electron chi connectivity index (χ4n) is 1.22. The zero-order valence-electron chi connectivity index (χ0n) is 7.39. The van der Waals surface area contributed by atoms with Gasteiger partial charge in [0.2, 0.25) is 5.91 Å². The molecule has 0 bridgehead atoms. The zero-order chi connectivity index (χ0) is 8.27. The van der Waals surface area contributed by atoms with Gasteiger partial charge in [-0.15, -0.1) is 0 Å². The molecule has 11 heavy (non-hydrogen) atoms. The lowest BCUT2D eigenvalue weighted by Crippen LogP contribution is -2.30. The van der Waals surface area contributed by atoms with E-state index in [-0.39, 0.29) is 11.8 Å². The number of hydrogen-bond donors (Lipinski definition) is 1. The SMILES string of the molecule is CCCNC(=O)C(C)C1CC1. The minimum absolute atomic E-state index is 0.245. The van der Waals surface area contributed by atoms with E-state index in [1.54, 1.807) is 0 Å². The molecule has 1 fully saturated rings. The summed E-state index contributed by atoms with van der Waals surface area (Å²) in [5, 5.41) is 2.91. The third-order valence-electron chi connectivity index (χ3n) is 2.29. The van der Waals surface area contributed by atoms with Crippen molar-refractivity contribution in [3.8, 4) is 0 Å². The van der Waals surface area contributed by atoms with Crippen molar-refractivity contribution in [3.63, 3.8) is 0 Å². The molecule has 1 aliphatic carbocycles. The van der Waals surface area contributed by atoms with Crippen molar-refractivity contribution >= 4 is 5.91 Å². The smallest absolute Gasteiger partial charge is 0.223 e. The summed E-state index contributed by atoms with van der Waals surface area (Å²) < 4.78 is 0. The predicted molar refractivity (Wildman–Crippen MR) is 45.2 cm³/mol. The number of amides is 1. The molecule has 0 radical (unpaired) electrons. The minimum Gasteiger partial charge on any atom is -0.356 e. The maximum absolute atomic E-state index is 11.3.